The minimum Gasteiger partial charge on any atom is -0.494 e. The number of pyridine rings is 1. The van der Waals surface area contributed by atoms with Crippen molar-refractivity contribution >= 4 is 90.8 Å². The average molecular weight is 962 g/mol. The molecule has 2 amide bonds. The van der Waals surface area contributed by atoms with Gasteiger partial charge < -0.3 is 34.3 Å². The number of carbonyl (C=O) groups excluding carboxylic acids is 2. The van der Waals surface area contributed by atoms with Gasteiger partial charge in [0.05, 0.1) is 34.7 Å². The van der Waals surface area contributed by atoms with Crippen LogP contribution in [0.15, 0.2) is 77.7 Å². The van der Waals surface area contributed by atoms with E-state index in [-0.39, 0.29) is 17.9 Å². The van der Waals surface area contributed by atoms with Gasteiger partial charge in [-0.05, 0) is 109 Å². The van der Waals surface area contributed by atoms with Gasteiger partial charge in [-0.15, -0.1) is 0 Å². The molecule has 0 radical (unpaired) electrons. The molecule has 14 nitrogen and oxygen atoms in total. The Balaban J connectivity index is 0.800. The van der Waals surface area contributed by atoms with E-state index < -0.39 is 7.14 Å². The summed E-state index contributed by atoms with van der Waals surface area (Å²) in [6.45, 7) is 15.1. The number of fused-ring (bicyclic) bond motifs is 2. The molecule has 0 aliphatic carbocycles. The lowest BCUT2D eigenvalue weighted by atomic mass is 9.99. The fraction of sp³-hybridized carbons (Fsp3) is 0.408. The predicted molar refractivity (Wildman–Crippen MR) is 265 cm³/mol. The Kier molecular flexibility index (Phi) is 13.0. The van der Waals surface area contributed by atoms with E-state index in [0.717, 1.165) is 110 Å². The number of hydrogen-bond donors (Lipinski definition) is 3. The fourth-order valence-electron chi connectivity index (χ4n) is 9.96. The van der Waals surface area contributed by atoms with Gasteiger partial charge in [0.1, 0.15) is 24.8 Å². The zero-order valence-corrected chi connectivity index (χ0v) is 40.3. The van der Waals surface area contributed by atoms with E-state index in [1.54, 1.807) is 32.8 Å². The first kappa shape index (κ1) is 44.8. The number of piperazine rings is 1. The Morgan fingerprint density at radius 1 is 0.908 bits per heavy atom. The Morgan fingerprint density at radius 2 is 1.69 bits per heavy atom. The van der Waals surface area contributed by atoms with E-state index in [1.807, 2.05) is 28.8 Å². The third-order valence-electron chi connectivity index (χ3n) is 13.4. The van der Waals surface area contributed by atoms with Gasteiger partial charge in [0.15, 0.2) is 0 Å². The number of aromatic nitrogens is 4. The van der Waals surface area contributed by atoms with Crippen molar-refractivity contribution in [1.29, 1.82) is 0 Å². The second kappa shape index (κ2) is 18.9. The number of hydrogen-bond acceptors (Lipinski definition) is 12. The molecule has 0 spiro atoms. The Labute approximate surface area is 389 Å². The van der Waals surface area contributed by atoms with E-state index in [4.69, 9.17) is 9.72 Å². The molecule has 0 bridgehead atoms. The van der Waals surface area contributed by atoms with Crippen LogP contribution in [0, 0.1) is 6.92 Å². The summed E-state index contributed by atoms with van der Waals surface area (Å²) in [5.74, 6) is 1.24. The van der Waals surface area contributed by atoms with E-state index in [9.17, 15) is 14.2 Å². The van der Waals surface area contributed by atoms with Crippen molar-refractivity contribution in [1.82, 2.24) is 34.6 Å². The van der Waals surface area contributed by atoms with Gasteiger partial charge in [-0.25, -0.2) is 4.98 Å². The zero-order chi connectivity index (χ0) is 45.4. The molecule has 3 aromatic heterocycles. The first-order valence-electron chi connectivity index (χ1n) is 22.7. The SMILES string of the molecule is CCc1cc(Nc2ncc(Br)c(Nc3cnc4ccccc4c3P(C)(C)=O)n2)c(OC)cc1N1CCC(N2CCN(CCc3ccc4c(c3)c(C)cn4C3CCC(=O)NC3=O)CC2)CC1. The van der Waals surface area contributed by atoms with Gasteiger partial charge in [-0.2, -0.15) is 4.98 Å². The number of aryl methyl sites for hydroxylation is 2. The van der Waals surface area contributed by atoms with Gasteiger partial charge in [-0.3, -0.25) is 24.8 Å². The largest absolute Gasteiger partial charge is 0.494 e. The van der Waals surface area contributed by atoms with Crippen LogP contribution < -0.4 is 30.9 Å². The van der Waals surface area contributed by atoms with Crippen LogP contribution in [0.2, 0.25) is 0 Å². The van der Waals surface area contributed by atoms with Gasteiger partial charge in [0, 0.05) is 104 Å². The molecule has 3 aromatic carbocycles. The summed E-state index contributed by atoms with van der Waals surface area (Å²) in [4.78, 5) is 46.2. The van der Waals surface area contributed by atoms with E-state index >= 15 is 0 Å². The third kappa shape index (κ3) is 9.52. The lowest BCUT2D eigenvalue weighted by Gasteiger charge is -2.43. The molecule has 1 atom stereocenters. The summed E-state index contributed by atoms with van der Waals surface area (Å²) in [7, 11) is -1.01. The molecule has 3 N–H and O–H groups in total. The van der Waals surface area contributed by atoms with Crippen molar-refractivity contribution in [2.45, 2.75) is 64.5 Å². The normalized spacial score (nSPS) is 18.1. The number of benzene rings is 3. The number of halogens is 1. The number of nitrogens with one attached hydrogen (secondary N) is 3. The second-order valence-corrected chi connectivity index (χ2v) is 22.0. The summed E-state index contributed by atoms with van der Waals surface area (Å²) >= 11 is 3.61. The second-order valence-electron chi connectivity index (χ2n) is 17.9. The summed E-state index contributed by atoms with van der Waals surface area (Å²) < 4.78 is 22.3. The van der Waals surface area contributed by atoms with E-state index in [1.165, 1.54) is 22.2 Å². The minimum absolute atomic E-state index is 0.189. The maximum atomic E-state index is 13.6. The van der Waals surface area contributed by atoms with Crippen molar-refractivity contribution in [3.8, 4) is 5.75 Å². The molecule has 65 heavy (non-hydrogen) atoms. The van der Waals surface area contributed by atoms with Crippen molar-refractivity contribution in [3.63, 3.8) is 0 Å². The van der Waals surface area contributed by atoms with E-state index in [2.05, 4.69) is 107 Å². The van der Waals surface area contributed by atoms with Crippen LogP contribution in [0.25, 0.3) is 21.8 Å². The Hall–Kier alpha value is -5.34. The highest BCUT2D eigenvalue weighted by Crippen LogP contribution is 2.42. The number of methoxy groups -OCH3 is 1. The molecule has 3 aliphatic heterocycles. The molecule has 3 aliphatic rings. The van der Waals surface area contributed by atoms with Gasteiger partial charge >= 0.3 is 0 Å². The molecular formula is C49H58BrN10O4P. The lowest BCUT2D eigenvalue weighted by Crippen LogP contribution is -2.53. The number of imide groups is 1. The standard InChI is InChI=1S/C49H58BrN10O4P/c1-6-33-26-39(54-49-52-28-37(50)47(56-49)53-40-29-51-38-10-8-7-9-35(38)46(40)65(4,5)63)44(64-3)27-43(33)59-19-16-34(17-20-59)58-23-21-57(22-24-58)18-15-32-11-12-41-36(25-32)31(2)30-60(41)42-13-14-45(61)55-48(42)62/h7-12,25-30,34,42H,6,13-24H2,1-5H3,(H,55,61,62)(H2,52,53,54,56). The van der Waals surface area contributed by atoms with Gasteiger partial charge in [0.25, 0.3) is 0 Å². The highest BCUT2D eigenvalue weighted by atomic mass is 79.9. The van der Waals surface area contributed by atoms with Crippen molar-refractivity contribution in [2.75, 3.05) is 81.8 Å². The molecule has 16 heteroatoms. The van der Waals surface area contributed by atoms with Crippen molar-refractivity contribution in [2.24, 2.45) is 0 Å². The zero-order valence-electron chi connectivity index (χ0n) is 37.9. The number of carbonyl (C=O) groups is 2. The van der Waals surface area contributed by atoms with Crippen LogP contribution in [0.1, 0.15) is 55.3 Å². The smallest absolute Gasteiger partial charge is 0.249 e. The molecule has 6 aromatic rings. The van der Waals surface area contributed by atoms with Crippen LogP contribution in [-0.2, 0) is 27.0 Å². The minimum atomic E-state index is -2.71. The van der Waals surface area contributed by atoms with E-state index in [0.29, 0.717) is 40.8 Å². The predicted octanol–water partition coefficient (Wildman–Crippen LogP) is 8.16. The molecular weight excluding hydrogens is 903 g/mol. The summed E-state index contributed by atoms with van der Waals surface area (Å²) in [6.07, 6.45) is 10.5. The molecule has 6 heterocycles. The highest BCUT2D eigenvalue weighted by Gasteiger charge is 2.31. The maximum absolute atomic E-state index is 13.6. The Bertz CT molecular complexity index is 2810. The first-order valence-corrected chi connectivity index (χ1v) is 26.1. The molecule has 3 saturated heterocycles. The molecule has 0 saturated carbocycles. The number of anilines is 5. The van der Waals surface area contributed by atoms with Crippen molar-refractivity contribution in [3.05, 3.63) is 94.4 Å². The quantitative estimate of drug-likeness (QED) is 0.0758. The topological polar surface area (TPSA) is 150 Å². The highest BCUT2D eigenvalue weighted by molar-refractivity contribution is 9.10. The summed E-state index contributed by atoms with van der Waals surface area (Å²) in [5.41, 5.74) is 8.16. The lowest BCUT2D eigenvalue weighted by molar-refractivity contribution is -0.135. The van der Waals surface area contributed by atoms with Gasteiger partial charge in [-0.1, -0.05) is 31.2 Å². The monoisotopic (exact) mass is 960 g/mol. The number of rotatable bonds is 13. The van der Waals surface area contributed by atoms with Gasteiger partial charge in [0.2, 0.25) is 17.8 Å². The first-order chi connectivity index (χ1) is 31.4. The fourth-order valence-corrected chi connectivity index (χ4v) is 11.7. The number of ether oxygens (including phenoxy) is 1. The van der Waals surface area contributed by atoms with Crippen LogP contribution in [0.5, 0.6) is 5.75 Å². The van der Waals surface area contributed by atoms with Crippen LogP contribution in [0.3, 0.4) is 0 Å². The third-order valence-corrected chi connectivity index (χ3v) is 15.5. The summed E-state index contributed by atoms with van der Waals surface area (Å²) in [6, 6.07) is 18.9. The Morgan fingerprint density at radius 3 is 2.43 bits per heavy atom. The van der Waals surface area contributed by atoms with Crippen LogP contribution in [0.4, 0.5) is 28.8 Å². The maximum Gasteiger partial charge on any atom is 0.249 e. The number of piperidine rings is 2. The van der Waals surface area contributed by atoms with Crippen molar-refractivity contribution < 1.29 is 18.9 Å². The molecule has 9 rings (SSSR count). The molecule has 340 valence electrons. The summed E-state index contributed by atoms with van der Waals surface area (Å²) in [5, 5.41) is 12.1. The number of amides is 2. The number of para-hydroxylation sites is 1. The molecule has 1 unspecified atom stereocenters. The number of nitrogens with zero attached hydrogens (tertiary/aromatic N) is 7. The van der Waals surface area contributed by atoms with Crippen LogP contribution >= 0.6 is 23.1 Å². The molecule has 3 fully saturated rings. The van der Waals surface area contributed by atoms with Crippen LogP contribution in [-0.4, -0.2) is 113 Å². The average Bonchev–Trinajstić information content (AvgIpc) is 3.63.